The van der Waals surface area contributed by atoms with Crippen LogP contribution in [-0.2, 0) is 0 Å². The monoisotopic (exact) mass is 342 g/mol. The normalized spacial score (nSPS) is 18.5. The minimum Gasteiger partial charge on any atom is -0.355 e. The van der Waals surface area contributed by atoms with Crippen molar-refractivity contribution < 1.29 is 0 Å². The van der Waals surface area contributed by atoms with Crippen molar-refractivity contribution in [3.8, 4) is 0 Å². The van der Waals surface area contributed by atoms with Crippen LogP contribution < -0.4 is 15.1 Å². The Bertz CT molecular complexity index is 699. The Balaban J connectivity index is 1.60. The molecule has 0 amide bonds. The average Bonchev–Trinajstić information content (AvgIpc) is 2.63. The maximum Gasteiger partial charge on any atom is 0.0709 e. The van der Waals surface area contributed by atoms with E-state index in [1.54, 1.807) is 0 Å². The molecule has 1 saturated heterocycles. The maximum atomic E-state index is 6.20. The number of nitrogens with zero attached hydrogens (tertiary/aromatic N) is 3. The third-order valence-corrected chi connectivity index (χ3v) is 5.04. The van der Waals surface area contributed by atoms with Gasteiger partial charge in [-0.25, -0.2) is 0 Å². The van der Waals surface area contributed by atoms with E-state index >= 15 is 0 Å². The molecule has 4 rings (SSSR count). The van der Waals surface area contributed by atoms with Crippen LogP contribution in [-0.4, -0.2) is 50.8 Å². The zero-order valence-corrected chi connectivity index (χ0v) is 14.5. The van der Waals surface area contributed by atoms with Crippen molar-refractivity contribution in [2.75, 3.05) is 55.7 Å². The molecule has 1 N–H and O–H groups in total. The Morgan fingerprint density at radius 1 is 0.875 bits per heavy atom. The molecule has 126 valence electrons. The summed E-state index contributed by atoms with van der Waals surface area (Å²) in [7, 11) is 0. The third-order valence-electron chi connectivity index (χ3n) is 4.81. The minimum atomic E-state index is 0.785. The quantitative estimate of drug-likeness (QED) is 0.924. The van der Waals surface area contributed by atoms with E-state index in [2.05, 4.69) is 50.3 Å². The molecule has 4 nitrogen and oxygen atoms in total. The number of piperazine rings is 1. The van der Waals surface area contributed by atoms with Crippen molar-refractivity contribution in [1.29, 1.82) is 0 Å². The molecule has 2 aliphatic rings. The fraction of sp³-hybridized carbons (Fsp3) is 0.368. The molecule has 0 radical (unpaired) electrons. The fourth-order valence-electron chi connectivity index (χ4n) is 3.57. The summed E-state index contributed by atoms with van der Waals surface area (Å²) in [6.45, 7) is 7.42. The standard InChI is InChI=1S/C19H23ClN4/c20-16-4-3-5-17(14-16)24-13-12-23(15-22-10-8-21-9-11-22)18-6-1-2-7-19(18)24/h1-7,14,21H,8-13,15H2. The largest absolute Gasteiger partial charge is 0.355 e. The van der Waals surface area contributed by atoms with Crippen molar-refractivity contribution in [3.05, 3.63) is 53.6 Å². The van der Waals surface area contributed by atoms with E-state index in [1.807, 2.05) is 18.2 Å². The summed E-state index contributed by atoms with van der Waals surface area (Å²) in [4.78, 5) is 7.40. The molecular weight excluding hydrogens is 320 g/mol. The number of hydrogen-bond donors (Lipinski definition) is 1. The highest BCUT2D eigenvalue weighted by molar-refractivity contribution is 6.30. The molecular formula is C19H23ClN4. The van der Waals surface area contributed by atoms with Gasteiger partial charge in [0, 0.05) is 50.0 Å². The first-order valence-corrected chi connectivity index (χ1v) is 8.99. The van der Waals surface area contributed by atoms with Crippen LogP contribution in [0.2, 0.25) is 5.02 Å². The lowest BCUT2D eigenvalue weighted by atomic mass is 10.1. The SMILES string of the molecule is Clc1cccc(N2CCN(CN3CCNCC3)c3ccccc32)c1. The van der Waals surface area contributed by atoms with Crippen LogP contribution in [0.25, 0.3) is 0 Å². The Labute approximate surface area is 148 Å². The molecule has 5 heteroatoms. The van der Waals surface area contributed by atoms with Gasteiger partial charge in [0.05, 0.1) is 18.0 Å². The summed E-state index contributed by atoms with van der Waals surface area (Å²) in [6.07, 6.45) is 0. The molecule has 0 aliphatic carbocycles. The van der Waals surface area contributed by atoms with Crippen molar-refractivity contribution in [3.63, 3.8) is 0 Å². The van der Waals surface area contributed by atoms with E-state index in [0.717, 1.165) is 56.6 Å². The molecule has 0 spiro atoms. The fourth-order valence-corrected chi connectivity index (χ4v) is 3.76. The van der Waals surface area contributed by atoms with Crippen LogP contribution in [0.5, 0.6) is 0 Å². The van der Waals surface area contributed by atoms with Gasteiger partial charge in [-0.1, -0.05) is 29.8 Å². The van der Waals surface area contributed by atoms with Gasteiger partial charge >= 0.3 is 0 Å². The second-order valence-corrected chi connectivity index (χ2v) is 6.83. The van der Waals surface area contributed by atoms with Crippen LogP contribution in [0.1, 0.15) is 0 Å². The molecule has 2 aromatic carbocycles. The first kappa shape index (κ1) is 15.8. The number of anilines is 3. The first-order valence-electron chi connectivity index (χ1n) is 8.61. The van der Waals surface area contributed by atoms with Gasteiger partial charge in [-0.05, 0) is 30.3 Å². The van der Waals surface area contributed by atoms with Gasteiger partial charge in [0.1, 0.15) is 0 Å². The van der Waals surface area contributed by atoms with E-state index in [1.165, 1.54) is 11.4 Å². The Morgan fingerprint density at radius 2 is 1.67 bits per heavy atom. The van der Waals surface area contributed by atoms with E-state index in [4.69, 9.17) is 11.6 Å². The first-order chi connectivity index (χ1) is 11.8. The summed E-state index contributed by atoms with van der Waals surface area (Å²) in [5, 5.41) is 4.21. The number of halogens is 1. The van der Waals surface area contributed by atoms with Crippen molar-refractivity contribution in [2.24, 2.45) is 0 Å². The van der Waals surface area contributed by atoms with Crippen LogP contribution in [0.4, 0.5) is 17.1 Å². The average molecular weight is 343 g/mol. The van der Waals surface area contributed by atoms with Crippen LogP contribution in [0.3, 0.4) is 0 Å². The molecule has 0 unspecified atom stereocenters. The lowest BCUT2D eigenvalue weighted by Crippen LogP contribution is -2.50. The number of rotatable bonds is 3. The lowest BCUT2D eigenvalue weighted by molar-refractivity contribution is 0.240. The second-order valence-electron chi connectivity index (χ2n) is 6.39. The van der Waals surface area contributed by atoms with Crippen molar-refractivity contribution >= 4 is 28.7 Å². The van der Waals surface area contributed by atoms with Crippen molar-refractivity contribution in [2.45, 2.75) is 0 Å². The smallest absolute Gasteiger partial charge is 0.0709 e. The second kappa shape index (κ2) is 7.01. The number of hydrogen-bond acceptors (Lipinski definition) is 4. The molecule has 2 aliphatic heterocycles. The molecule has 2 aromatic rings. The number of fused-ring (bicyclic) bond motifs is 1. The van der Waals surface area contributed by atoms with E-state index in [-0.39, 0.29) is 0 Å². The highest BCUT2D eigenvalue weighted by Crippen LogP contribution is 2.38. The highest BCUT2D eigenvalue weighted by Gasteiger charge is 2.25. The summed E-state index contributed by atoms with van der Waals surface area (Å²) in [5.41, 5.74) is 3.74. The van der Waals surface area contributed by atoms with Gasteiger partial charge in [0.15, 0.2) is 0 Å². The topological polar surface area (TPSA) is 21.8 Å². The Hall–Kier alpha value is -1.75. The van der Waals surface area contributed by atoms with E-state index in [0.29, 0.717) is 0 Å². The third kappa shape index (κ3) is 3.22. The molecule has 24 heavy (non-hydrogen) atoms. The predicted molar refractivity (Wildman–Crippen MR) is 102 cm³/mol. The number of benzene rings is 2. The molecule has 0 saturated carbocycles. The molecule has 2 heterocycles. The van der Waals surface area contributed by atoms with Gasteiger partial charge < -0.3 is 15.1 Å². The predicted octanol–water partition coefficient (Wildman–Crippen LogP) is 3.16. The van der Waals surface area contributed by atoms with Gasteiger partial charge in [0.2, 0.25) is 0 Å². The van der Waals surface area contributed by atoms with Gasteiger partial charge in [-0.2, -0.15) is 0 Å². The Morgan fingerprint density at radius 3 is 2.46 bits per heavy atom. The van der Waals surface area contributed by atoms with Gasteiger partial charge in [0.25, 0.3) is 0 Å². The van der Waals surface area contributed by atoms with E-state index < -0.39 is 0 Å². The highest BCUT2D eigenvalue weighted by atomic mass is 35.5. The van der Waals surface area contributed by atoms with E-state index in [9.17, 15) is 0 Å². The Kier molecular flexibility index (Phi) is 4.60. The van der Waals surface area contributed by atoms with Gasteiger partial charge in [-0.15, -0.1) is 0 Å². The summed E-state index contributed by atoms with van der Waals surface area (Å²) < 4.78 is 0. The zero-order chi connectivity index (χ0) is 16.4. The van der Waals surface area contributed by atoms with Crippen molar-refractivity contribution in [1.82, 2.24) is 10.2 Å². The summed E-state index contributed by atoms with van der Waals surface area (Å²) >= 11 is 6.20. The van der Waals surface area contributed by atoms with Crippen LogP contribution >= 0.6 is 11.6 Å². The molecule has 0 bridgehead atoms. The number of para-hydroxylation sites is 2. The van der Waals surface area contributed by atoms with Crippen LogP contribution in [0.15, 0.2) is 48.5 Å². The lowest BCUT2D eigenvalue weighted by Gasteiger charge is -2.41. The summed E-state index contributed by atoms with van der Waals surface area (Å²) in [6, 6.07) is 16.8. The molecule has 0 atom stereocenters. The maximum absolute atomic E-state index is 6.20. The minimum absolute atomic E-state index is 0.785. The van der Waals surface area contributed by atoms with Gasteiger partial charge in [-0.3, -0.25) is 4.90 Å². The summed E-state index contributed by atoms with van der Waals surface area (Å²) in [5.74, 6) is 0. The van der Waals surface area contributed by atoms with Crippen LogP contribution in [0, 0.1) is 0 Å². The molecule has 0 aromatic heterocycles. The zero-order valence-electron chi connectivity index (χ0n) is 13.8. The molecule has 1 fully saturated rings. The number of nitrogens with one attached hydrogen (secondary N) is 1.